The van der Waals surface area contributed by atoms with Gasteiger partial charge in [-0.05, 0) is 78.0 Å². The molecule has 0 saturated carbocycles. The van der Waals surface area contributed by atoms with Crippen molar-refractivity contribution < 1.29 is 28.9 Å². The lowest BCUT2D eigenvalue weighted by molar-refractivity contribution is -0.140. The van der Waals surface area contributed by atoms with Crippen molar-refractivity contribution in [2.45, 2.75) is 45.6 Å². The molecule has 0 spiro atoms. The first-order chi connectivity index (χ1) is 16.8. The van der Waals surface area contributed by atoms with Crippen molar-refractivity contribution in [2.75, 3.05) is 13.7 Å². The van der Waals surface area contributed by atoms with Gasteiger partial charge in [-0.1, -0.05) is 12.1 Å². The zero-order chi connectivity index (χ0) is 25.1. The summed E-state index contributed by atoms with van der Waals surface area (Å²) in [6.07, 6.45) is 1.90. The van der Waals surface area contributed by atoms with Crippen LogP contribution in [0.15, 0.2) is 63.4 Å². The molecule has 0 fully saturated rings. The highest BCUT2D eigenvalue weighted by Gasteiger charge is 2.39. The Labute approximate surface area is 212 Å². The van der Waals surface area contributed by atoms with Crippen molar-refractivity contribution in [3.63, 3.8) is 0 Å². The zero-order valence-electron chi connectivity index (χ0n) is 19.9. The Morgan fingerprint density at radius 1 is 1.20 bits per heavy atom. The van der Waals surface area contributed by atoms with Crippen LogP contribution in [-0.2, 0) is 20.9 Å². The van der Waals surface area contributed by atoms with E-state index in [1.165, 1.54) is 0 Å². The predicted molar refractivity (Wildman–Crippen MR) is 134 cm³/mol. The van der Waals surface area contributed by atoms with Crippen molar-refractivity contribution >= 4 is 27.7 Å². The Morgan fingerprint density at radius 2 is 1.94 bits per heavy atom. The number of benzene rings is 2. The lowest BCUT2D eigenvalue weighted by Crippen LogP contribution is -2.34. The lowest BCUT2D eigenvalue weighted by Gasteiger charge is -2.34. The van der Waals surface area contributed by atoms with Gasteiger partial charge in [-0.15, -0.1) is 0 Å². The standard InChI is InChI=1S/C27H28BrNO6/c1-4-34-22-13-17(12-19(28)26(22)31)24-23(15(2)29-20-6-5-7-21(30)25(20)24)27(32)35-14-16-8-10-18(33-3)11-9-16/h8-13,24,29,31H,4-7,14H2,1-3H3. The van der Waals surface area contributed by atoms with E-state index < -0.39 is 11.9 Å². The molecule has 184 valence electrons. The molecule has 7 nitrogen and oxygen atoms in total. The molecular formula is C27H28BrNO6. The molecule has 0 amide bonds. The molecule has 1 aliphatic heterocycles. The van der Waals surface area contributed by atoms with Crippen LogP contribution in [0.25, 0.3) is 0 Å². The molecule has 1 atom stereocenters. The SMILES string of the molecule is CCOc1cc(C2C(C(=O)OCc3ccc(OC)cc3)=C(C)NC3=C2C(=O)CCC3)cc(Br)c1O. The number of rotatable bonds is 7. The van der Waals surface area contributed by atoms with Gasteiger partial charge in [0.2, 0.25) is 0 Å². The minimum Gasteiger partial charge on any atom is -0.503 e. The molecule has 0 saturated heterocycles. The fraction of sp³-hybridized carbons (Fsp3) is 0.333. The number of ether oxygens (including phenoxy) is 3. The fourth-order valence-electron chi connectivity index (χ4n) is 4.56. The molecule has 1 unspecified atom stereocenters. The summed E-state index contributed by atoms with van der Waals surface area (Å²) in [6.45, 7) is 4.07. The molecule has 1 heterocycles. The molecule has 2 aromatic rings. The van der Waals surface area contributed by atoms with Crippen LogP contribution in [0, 0.1) is 0 Å². The number of carbonyl (C=O) groups is 2. The van der Waals surface area contributed by atoms with E-state index in [4.69, 9.17) is 14.2 Å². The van der Waals surface area contributed by atoms with Gasteiger partial charge < -0.3 is 24.6 Å². The number of esters is 1. The van der Waals surface area contributed by atoms with Crippen LogP contribution in [0.4, 0.5) is 0 Å². The summed E-state index contributed by atoms with van der Waals surface area (Å²) in [5, 5.41) is 13.7. The zero-order valence-corrected chi connectivity index (χ0v) is 21.5. The Kier molecular flexibility index (Phi) is 7.50. The Morgan fingerprint density at radius 3 is 2.63 bits per heavy atom. The maximum Gasteiger partial charge on any atom is 0.337 e. The van der Waals surface area contributed by atoms with Crippen molar-refractivity contribution in [1.29, 1.82) is 0 Å². The number of allylic oxidation sites excluding steroid dienone is 3. The maximum absolute atomic E-state index is 13.5. The van der Waals surface area contributed by atoms with Crippen LogP contribution in [0.3, 0.4) is 0 Å². The van der Waals surface area contributed by atoms with Crippen molar-refractivity contribution in [3.05, 3.63) is 74.5 Å². The number of carbonyl (C=O) groups excluding carboxylic acids is 2. The molecule has 0 aromatic heterocycles. The number of aromatic hydroxyl groups is 1. The Hall–Kier alpha value is -3.26. The minimum atomic E-state index is -0.640. The molecule has 2 N–H and O–H groups in total. The van der Waals surface area contributed by atoms with Crippen molar-refractivity contribution in [3.8, 4) is 17.2 Å². The van der Waals surface area contributed by atoms with E-state index in [2.05, 4.69) is 21.2 Å². The van der Waals surface area contributed by atoms with Gasteiger partial charge in [-0.25, -0.2) is 4.79 Å². The summed E-state index contributed by atoms with van der Waals surface area (Å²) in [5.74, 6) is -0.184. The second kappa shape index (κ2) is 10.6. The third kappa shape index (κ3) is 5.07. The van der Waals surface area contributed by atoms with Gasteiger partial charge in [-0.2, -0.15) is 0 Å². The van der Waals surface area contributed by atoms with Crippen LogP contribution in [0.5, 0.6) is 17.2 Å². The van der Waals surface area contributed by atoms with Gasteiger partial charge in [-0.3, -0.25) is 4.79 Å². The summed E-state index contributed by atoms with van der Waals surface area (Å²) in [5.41, 5.74) is 3.89. The minimum absolute atomic E-state index is 0.00105. The molecular weight excluding hydrogens is 514 g/mol. The number of halogens is 1. The van der Waals surface area contributed by atoms with Crippen molar-refractivity contribution in [2.24, 2.45) is 0 Å². The fourth-order valence-corrected chi connectivity index (χ4v) is 5.02. The predicted octanol–water partition coefficient (Wildman–Crippen LogP) is 5.27. The number of nitrogens with one attached hydrogen (secondary N) is 1. The van der Waals surface area contributed by atoms with Crippen molar-refractivity contribution in [1.82, 2.24) is 5.32 Å². The largest absolute Gasteiger partial charge is 0.503 e. The van der Waals surface area contributed by atoms with E-state index >= 15 is 0 Å². The number of dihydropyridines is 1. The molecule has 2 aliphatic rings. The highest BCUT2D eigenvalue weighted by Crippen LogP contribution is 2.46. The first-order valence-corrected chi connectivity index (χ1v) is 12.3. The number of methoxy groups -OCH3 is 1. The molecule has 8 heteroatoms. The number of phenols is 1. The van der Waals surface area contributed by atoms with Crippen LogP contribution >= 0.6 is 15.9 Å². The van der Waals surface area contributed by atoms with Gasteiger partial charge in [0.1, 0.15) is 12.4 Å². The lowest BCUT2D eigenvalue weighted by atomic mass is 9.75. The van der Waals surface area contributed by atoms with Crippen LogP contribution in [0.2, 0.25) is 0 Å². The normalized spacial score (nSPS) is 17.6. The number of phenolic OH excluding ortho intramolecular Hbond substituents is 1. The third-order valence-electron chi connectivity index (χ3n) is 6.21. The average molecular weight is 542 g/mol. The summed E-state index contributed by atoms with van der Waals surface area (Å²) in [4.78, 5) is 26.6. The van der Waals surface area contributed by atoms with Gasteiger partial charge in [0.15, 0.2) is 17.3 Å². The quantitative estimate of drug-likeness (QED) is 0.461. The molecule has 0 bridgehead atoms. The number of Topliss-reactive ketones (excluding diaryl/α,β-unsaturated/α-hetero) is 1. The van der Waals surface area contributed by atoms with E-state index in [1.807, 2.05) is 26.0 Å². The summed E-state index contributed by atoms with van der Waals surface area (Å²) >= 11 is 3.39. The van der Waals surface area contributed by atoms with Crippen LogP contribution in [0.1, 0.15) is 50.2 Å². The highest BCUT2D eigenvalue weighted by atomic mass is 79.9. The second-order valence-electron chi connectivity index (χ2n) is 8.47. The number of ketones is 1. The summed E-state index contributed by atoms with van der Waals surface area (Å²) in [7, 11) is 1.59. The van der Waals surface area contributed by atoms with Gasteiger partial charge in [0.25, 0.3) is 0 Å². The summed E-state index contributed by atoms with van der Waals surface area (Å²) in [6, 6.07) is 10.7. The molecule has 2 aromatic carbocycles. The molecule has 0 radical (unpaired) electrons. The van der Waals surface area contributed by atoms with Gasteiger partial charge >= 0.3 is 5.97 Å². The summed E-state index contributed by atoms with van der Waals surface area (Å²) < 4.78 is 16.9. The first-order valence-electron chi connectivity index (χ1n) is 11.5. The van der Waals surface area contributed by atoms with E-state index in [9.17, 15) is 14.7 Å². The smallest absolute Gasteiger partial charge is 0.337 e. The molecule has 4 rings (SSSR count). The van der Waals surface area contributed by atoms with E-state index in [0.29, 0.717) is 45.7 Å². The Bertz CT molecular complexity index is 1210. The topological polar surface area (TPSA) is 94.1 Å². The van der Waals surface area contributed by atoms with E-state index in [1.54, 1.807) is 31.4 Å². The monoisotopic (exact) mass is 541 g/mol. The molecule has 1 aliphatic carbocycles. The van der Waals surface area contributed by atoms with Crippen LogP contribution < -0.4 is 14.8 Å². The second-order valence-corrected chi connectivity index (χ2v) is 9.33. The highest BCUT2D eigenvalue weighted by molar-refractivity contribution is 9.10. The van der Waals surface area contributed by atoms with Crippen LogP contribution in [-0.4, -0.2) is 30.6 Å². The first kappa shape index (κ1) is 24.9. The third-order valence-corrected chi connectivity index (χ3v) is 6.81. The Balaban J connectivity index is 1.73. The average Bonchev–Trinajstić information content (AvgIpc) is 2.85. The number of hydrogen-bond donors (Lipinski definition) is 2. The number of hydrogen-bond acceptors (Lipinski definition) is 7. The maximum atomic E-state index is 13.5. The van der Waals surface area contributed by atoms with Gasteiger partial charge in [0, 0.05) is 29.3 Å². The molecule has 35 heavy (non-hydrogen) atoms. The van der Waals surface area contributed by atoms with E-state index in [0.717, 1.165) is 24.1 Å². The van der Waals surface area contributed by atoms with E-state index in [-0.39, 0.29) is 23.9 Å². The van der Waals surface area contributed by atoms with Gasteiger partial charge in [0.05, 0.1) is 23.8 Å².